The molecule has 12 nitrogen and oxygen atoms in total. The summed E-state index contributed by atoms with van der Waals surface area (Å²) < 4.78 is 1.46. The third-order valence-electron chi connectivity index (χ3n) is 7.13. The van der Waals surface area contributed by atoms with E-state index in [1.807, 2.05) is 42.5 Å². The van der Waals surface area contributed by atoms with Crippen molar-refractivity contribution >= 4 is 23.7 Å². The Morgan fingerprint density at radius 1 is 1.05 bits per heavy atom. The van der Waals surface area contributed by atoms with E-state index in [1.54, 1.807) is 17.3 Å². The Kier molecular flexibility index (Phi) is 6.27. The van der Waals surface area contributed by atoms with E-state index in [9.17, 15) is 19.5 Å². The lowest BCUT2D eigenvalue weighted by Gasteiger charge is -2.32. The number of anilines is 1. The molecule has 5 aromatic rings. The van der Waals surface area contributed by atoms with E-state index in [0.717, 1.165) is 28.5 Å². The van der Waals surface area contributed by atoms with Crippen LogP contribution in [-0.4, -0.2) is 64.8 Å². The van der Waals surface area contributed by atoms with Crippen LogP contribution in [0.25, 0.3) is 28.0 Å². The van der Waals surface area contributed by atoms with Crippen LogP contribution in [0.3, 0.4) is 0 Å². The Labute approximate surface area is 227 Å². The van der Waals surface area contributed by atoms with Crippen LogP contribution in [0.15, 0.2) is 65.7 Å². The van der Waals surface area contributed by atoms with Gasteiger partial charge in [-0.05, 0) is 18.9 Å². The Morgan fingerprint density at radius 3 is 2.50 bits per heavy atom. The molecule has 40 heavy (non-hydrogen) atoms. The molecule has 0 atom stereocenters. The van der Waals surface area contributed by atoms with E-state index in [-0.39, 0.29) is 23.0 Å². The molecule has 0 unspecified atom stereocenters. The second-order valence-electron chi connectivity index (χ2n) is 9.53. The third kappa shape index (κ3) is 4.45. The van der Waals surface area contributed by atoms with Gasteiger partial charge in [-0.1, -0.05) is 36.4 Å². The van der Waals surface area contributed by atoms with Gasteiger partial charge in [-0.2, -0.15) is 14.6 Å². The van der Waals surface area contributed by atoms with Gasteiger partial charge in [0.15, 0.2) is 17.8 Å². The number of fused-ring (bicyclic) bond motifs is 1. The summed E-state index contributed by atoms with van der Waals surface area (Å²) in [5.41, 5.74) is 10.2. The van der Waals surface area contributed by atoms with Crippen LogP contribution < -0.4 is 11.4 Å². The number of amides is 1. The smallest absolute Gasteiger partial charge is 0.348 e. The van der Waals surface area contributed by atoms with Gasteiger partial charge in [0, 0.05) is 48.0 Å². The van der Waals surface area contributed by atoms with Gasteiger partial charge in [0.2, 0.25) is 0 Å². The molecule has 1 aromatic carbocycles. The van der Waals surface area contributed by atoms with Gasteiger partial charge in [0.1, 0.15) is 11.5 Å². The predicted molar refractivity (Wildman–Crippen MR) is 146 cm³/mol. The zero-order valence-corrected chi connectivity index (χ0v) is 21.2. The molecule has 4 N–H and O–H groups in total. The number of aromatic amines is 1. The van der Waals surface area contributed by atoms with Gasteiger partial charge in [0.05, 0.1) is 23.1 Å². The first-order valence-corrected chi connectivity index (χ1v) is 12.7. The molecule has 6 rings (SSSR count). The second-order valence-corrected chi connectivity index (χ2v) is 9.53. The van der Waals surface area contributed by atoms with Crippen LogP contribution in [0.4, 0.5) is 5.82 Å². The van der Waals surface area contributed by atoms with Crippen molar-refractivity contribution in [3.05, 3.63) is 88.4 Å². The number of aldehydes is 1. The average molecular weight is 537 g/mol. The molecule has 4 aromatic heterocycles. The molecule has 5 heterocycles. The summed E-state index contributed by atoms with van der Waals surface area (Å²) in [5, 5.41) is 14.0. The Balaban J connectivity index is 1.29. The lowest BCUT2D eigenvalue weighted by Crippen LogP contribution is -2.39. The number of aromatic hydroxyl groups is 1. The molecule has 0 bridgehead atoms. The molecular weight excluding hydrogens is 512 g/mol. The molecule has 12 heteroatoms. The molecule has 1 aliphatic rings. The van der Waals surface area contributed by atoms with Crippen molar-refractivity contribution in [1.29, 1.82) is 0 Å². The maximum Gasteiger partial charge on any atom is 0.348 e. The molecule has 1 aliphatic heterocycles. The molecule has 200 valence electrons. The number of nitrogens with zero attached hydrogens (tertiary/aromatic N) is 6. The quantitative estimate of drug-likeness (QED) is 0.285. The minimum atomic E-state index is -0.802. The monoisotopic (exact) mass is 536 g/mol. The molecule has 1 fully saturated rings. The van der Waals surface area contributed by atoms with E-state index in [1.165, 1.54) is 4.52 Å². The summed E-state index contributed by atoms with van der Waals surface area (Å²) in [7, 11) is 0. The van der Waals surface area contributed by atoms with Crippen molar-refractivity contribution in [2.45, 2.75) is 18.8 Å². The number of likely N-dealkylation sites (tertiary alicyclic amines) is 1. The number of aromatic nitrogens is 6. The first-order valence-electron chi connectivity index (χ1n) is 12.7. The zero-order valence-electron chi connectivity index (χ0n) is 21.2. The fraction of sp³-hybridized carbons (Fsp3) is 0.179. The van der Waals surface area contributed by atoms with Crippen molar-refractivity contribution in [3.63, 3.8) is 0 Å². The van der Waals surface area contributed by atoms with Crippen LogP contribution >= 0.6 is 0 Å². The number of hydrogen-bond acceptors (Lipinski definition) is 9. The summed E-state index contributed by atoms with van der Waals surface area (Å²) in [4.78, 5) is 53.4. The minimum Gasteiger partial charge on any atom is -0.494 e. The van der Waals surface area contributed by atoms with E-state index >= 15 is 0 Å². The van der Waals surface area contributed by atoms with Gasteiger partial charge in [-0.15, -0.1) is 0 Å². The summed E-state index contributed by atoms with van der Waals surface area (Å²) in [6.07, 6.45) is 5.13. The van der Waals surface area contributed by atoms with E-state index in [4.69, 9.17) is 10.7 Å². The van der Waals surface area contributed by atoms with Crippen molar-refractivity contribution in [1.82, 2.24) is 34.4 Å². The van der Waals surface area contributed by atoms with Crippen molar-refractivity contribution in [2.24, 2.45) is 0 Å². The lowest BCUT2D eigenvalue weighted by molar-refractivity contribution is 0.0704. The Hall–Kier alpha value is -5.39. The molecule has 0 saturated carbocycles. The number of nitrogen functional groups attached to an aromatic ring is 1. The molecule has 0 radical (unpaired) electrons. The molecule has 1 amide bonds. The largest absolute Gasteiger partial charge is 0.494 e. The molecule has 0 aliphatic carbocycles. The maximum atomic E-state index is 12.9. The second kappa shape index (κ2) is 10.1. The number of piperidine rings is 1. The minimum absolute atomic E-state index is 0.132. The van der Waals surface area contributed by atoms with Gasteiger partial charge in [-0.3, -0.25) is 19.6 Å². The van der Waals surface area contributed by atoms with Crippen LogP contribution in [-0.2, 0) is 0 Å². The standard InChI is InChI=1S/C28H24N8O4/c29-25-20(15-37)24(17-8-10-35(11-9-17)27(39)22-12-23(38)33-28(40)32-22)34-26-19(14-31-36(25)26)18-6-7-21(30-13-18)16-4-2-1-3-5-16/h1-7,12-15,17H,8-11,29H2,(H2,32,33,38,40). The topological polar surface area (TPSA) is 172 Å². The highest BCUT2D eigenvalue weighted by Crippen LogP contribution is 2.34. The highest BCUT2D eigenvalue weighted by atomic mass is 16.3. The fourth-order valence-corrected chi connectivity index (χ4v) is 5.09. The van der Waals surface area contributed by atoms with E-state index in [2.05, 4.69) is 20.1 Å². The van der Waals surface area contributed by atoms with Crippen LogP contribution in [0.2, 0.25) is 0 Å². The molecular formula is C28H24N8O4. The number of nitrogens with one attached hydrogen (secondary N) is 1. The molecule has 0 spiro atoms. The van der Waals surface area contributed by atoms with Crippen molar-refractivity contribution < 1.29 is 14.7 Å². The summed E-state index contributed by atoms with van der Waals surface area (Å²) in [5.74, 6) is -0.832. The summed E-state index contributed by atoms with van der Waals surface area (Å²) in [6.45, 7) is 0.696. The average Bonchev–Trinajstić information content (AvgIpc) is 3.41. The number of rotatable bonds is 5. The van der Waals surface area contributed by atoms with Gasteiger partial charge in [-0.25, -0.2) is 9.78 Å². The number of nitrogens with two attached hydrogens (primary N) is 1. The molecule has 1 saturated heterocycles. The van der Waals surface area contributed by atoms with Crippen molar-refractivity contribution in [3.8, 4) is 28.3 Å². The van der Waals surface area contributed by atoms with Gasteiger partial charge in [0.25, 0.3) is 5.91 Å². The van der Waals surface area contributed by atoms with E-state index in [0.29, 0.717) is 43.6 Å². The van der Waals surface area contributed by atoms with Gasteiger partial charge >= 0.3 is 5.69 Å². The summed E-state index contributed by atoms with van der Waals surface area (Å²) in [6, 6.07) is 14.9. The fourth-order valence-electron chi connectivity index (χ4n) is 5.09. The number of benzene rings is 1. The number of pyridine rings is 1. The third-order valence-corrected chi connectivity index (χ3v) is 7.13. The highest BCUT2D eigenvalue weighted by molar-refractivity contribution is 5.92. The van der Waals surface area contributed by atoms with Crippen LogP contribution in [0, 0.1) is 0 Å². The summed E-state index contributed by atoms with van der Waals surface area (Å²) >= 11 is 0. The van der Waals surface area contributed by atoms with Crippen molar-refractivity contribution in [2.75, 3.05) is 18.8 Å². The first-order chi connectivity index (χ1) is 19.4. The Bertz CT molecular complexity index is 1790. The lowest BCUT2D eigenvalue weighted by atomic mass is 9.90. The number of carbonyl (C=O) groups excluding carboxylic acids is 2. The zero-order chi connectivity index (χ0) is 27.8. The number of carbonyl (C=O) groups is 2. The Morgan fingerprint density at radius 2 is 1.82 bits per heavy atom. The number of hydrogen-bond donors (Lipinski definition) is 3. The highest BCUT2D eigenvalue weighted by Gasteiger charge is 2.30. The predicted octanol–water partition coefficient (Wildman–Crippen LogP) is 2.66. The maximum absolute atomic E-state index is 12.9. The number of H-pyrrole nitrogens is 1. The normalized spacial score (nSPS) is 13.9. The van der Waals surface area contributed by atoms with E-state index < -0.39 is 17.5 Å². The van der Waals surface area contributed by atoms with Crippen LogP contribution in [0.1, 0.15) is 45.3 Å². The first kappa shape index (κ1) is 24.9. The SMILES string of the molecule is Nc1c(C=O)c(C2CCN(C(=O)c3cc(O)[nH]c(=O)n3)CC2)nc2c(-c3ccc(-c4ccccc4)nc3)cnn12. The van der Waals surface area contributed by atoms with Crippen LogP contribution in [0.5, 0.6) is 5.88 Å². The van der Waals surface area contributed by atoms with Gasteiger partial charge < -0.3 is 15.7 Å².